The van der Waals surface area contributed by atoms with Gasteiger partial charge >= 0.3 is 5.97 Å². The lowest BCUT2D eigenvalue weighted by atomic mass is 10.1. The number of fused-ring (bicyclic) bond motifs is 1. The van der Waals surface area contributed by atoms with Gasteiger partial charge in [-0.15, -0.1) is 0 Å². The van der Waals surface area contributed by atoms with E-state index < -0.39 is 11.9 Å². The topological polar surface area (TPSA) is 63.1 Å². The van der Waals surface area contributed by atoms with Crippen LogP contribution in [0.15, 0.2) is 30.5 Å². The summed E-state index contributed by atoms with van der Waals surface area (Å²) in [4.78, 5) is 19.0. The van der Waals surface area contributed by atoms with Crippen molar-refractivity contribution in [1.82, 2.24) is 9.97 Å². The van der Waals surface area contributed by atoms with Crippen LogP contribution in [0.2, 0.25) is 0 Å². The van der Waals surface area contributed by atoms with E-state index in [0.29, 0.717) is 5.82 Å². The van der Waals surface area contributed by atoms with Crippen LogP contribution in [0.4, 0.5) is 0 Å². The number of rotatable bonds is 2. The molecule has 4 nitrogen and oxygen atoms in total. The molecule has 76 valence electrons. The van der Waals surface area contributed by atoms with Crippen LogP contribution in [-0.4, -0.2) is 21.0 Å². The van der Waals surface area contributed by atoms with Crippen LogP contribution in [0.3, 0.4) is 0 Å². The fourth-order valence-electron chi connectivity index (χ4n) is 1.31. The zero-order chi connectivity index (χ0) is 10.8. The van der Waals surface area contributed by atoms with E-state index in [1.807, 2.05) is 24.3 Å². The molecule has 0 aliphatic carbocycles. The molecule has 0 aliphatic rings. The Morgan fingerprint density at radius 3 is 2.87 bits per heavy atom. The van der Waals surface area contributed by atoms with Crippen molar-refractivity contribution in [2.75, 3.05) is 0 Å². The van der Waals surface area contributed by atoms with Crippen molar-refractivity contribution in [2.24, 2.45) is 0 Å². The Bertz CT molecular complexity index is 511. The van der Waals surface area contributed by atoms with Gasteiger partial charge in [0.2, 0.25) is 0 Å². The largest absolute Gasteiger partial charge is 0.481 e. The molecule has 0 aliphatic heterocycles. The average Bonchev–Trinajstić information content (AvgIpc) is 2.27. The Hall–Kier alpha value is -1.97. The van der Waals surface area contributed by atoms with Gasteiger partial charge in [-0.25, -0.2) is 9.97 Å². The highest BCUT2D eigenvalue weighted by Gasteiger charge is 2.16. The average molecular weight is 202 g/mol. The lowest BCUT2D eigenvalue weighted by Crippen LogP contribution is -2.11. The smallest absolute Gasteiger partial charge is 0.313 e. The summed E-state index contributed by atoms with van der Waals surface area (Å²) in [6.45, 7) is 1.58. The molecule has 0 bridgehead atoms. The second kappa shape index (κ2) is 3.65. The highest BCUT2D eigenvalue weighted by atomic mass is 16.4. The normalized spacial score (nSPS) is 12.6. The first-order valence-corrected chi connectivity index (χ1v) is 4.63. The molecule has 1 heterocycles. The number of para-hydroxylation sites is 1. The molecule has 0 fully saturated rings. The van der Waals surface area contributed by atoms with Gasteiger partial charge < -0.3 is 5.11 Å². The highest BCUT2D eigenvalue weighted by molar-refractivity contribution is 5.79. The Morgan fingerprint density at radius 2 is 2.13 bits per heavy atom. The summed E-state index contributed by atoms with van der Waals surface area (Å²) in [5.74, 6) is -1.24. The minimum Gasteiger partial charge on any atom is -0.481 e. The van der Waals surface area contributed by atoms with Gasteiger partial charge in [0.1, 0.15) is 11.7 Å². The van der Waals surface area contributed by atoms with Crippen molar-refractivity contribution < 1.29 is 9.90 Å². The minimum atomic E-state index is -0.912. The van der Waals surface area contributed by atoms with Crippen LogP contribution in [0.5, 0.6) is 0 Å². The first-order valence-electron chi connectivity index (χ1n) is 4.63. The molecule has 15 heavy (non-hydrogen) atoms. The number of aromatic nitrogens is 2. The van der Waals surface area contributed by atoms with Crippen LogP contribution in [0, 0.1) is 0 Å². The number of benzene rings is 1. The second-order valence-corrected chi connectivity index (χ2v) is 3.35. The molecular weight excluding hydrogens is 192 g/mol. The van der Waals surface area contributed by atoms with Gasteiger partial charge in [0.05, 0.1) is 5.52 Å². The molecular formula is C11H10N2O2. The number of carboxylic acids is 1. The Balaban J connectivity index is 2.51. The summed E-state index contributed by atoms with van der Waals surface area (Å²) in [5, 5.41) is 9.74. The lowest BCUT2D eigenvalue weighted by molar-refractivity contribution is -0.138. The molecule has 2 rings (SSSR count). The van der Waals surface area contributed by atoms with Crippen LogP contribution in [0.25, 0.3) is 10.9 Å². The van der Waals surface area contributed by atoms with E-state index in [1.165, 1.54) is 0 Å². The molecule has 1 aromatic heterocycles. The Labute approximate surface area is 86.6 Å². The van der Waals surface area contributed by atoms with Crippen LogP contribution < -0.4 is 0 Å². The first-order chi connectivity index (χ1) is 7.18. The lowest BCUT2D eigenvalue weighted by Gasteiger charge is -2.05. The van der Waals surface area contributed by atoms with Crippen molar-refractivity contribution in [3.8, 4) is 0 Å². The SMILES string of the molecule is CC(C(=O)O)c1ncc2ccccc2n1. The standard InChI is InChI=1S/C11H10N2O2/c1-7(11(14)15)10-12-6-8-4-2-3-5-9(8)13-10/h2-7H,1H3,(H,14,15). The highest BCUT2D eigenvalue weighted by Crippen LogP contribution is 2.15. The summed E-state index contributed by atoms with van der Waals surface area (Å²) in [5.41, 5.74) is 0.774. The van der Waals surface area contributed by atoms with Gasteiger partial charge in [-0.1, -0.05) is 18.2 Å². The molecule has 0 amide bonds. The van der Waals surface area contributed by atoms with E-state index in [0.717, 1.165) is 10.9 Å². The van der Waals surface area contributed by atoms with Crippen LogP contribution >= 0.6 is 0 Å². The predicted molar refractivity (Wildman–Crippen MR) is 55.6 cm³/mol. The summed E-state index contributed by atoms with van der Waals surface area (Å²) in [6, 6.07) is 7.50. The van der Waals surface area contributed by atoms with Gasteiger partial charge in [0.25, 0.3) is 0 Å². The molecule has 1 N–H and O–H groups in total. The van der Waals surface area contributed by atoms with Crippen molar-refractivity contribution >= 4 is 16.9 Å². The number of nitrogens with zero attached hydrogens (tertiary/aromatic N) is 2. The molecule has 0 radical (unpaired) electrons. The van der Waals surface area contributed by atoms with E-state index in [9.17, 15) is 4.79 Å². The fourth-order valence-corrected chi connectivity index (χ4v) is 1.31. The third-order valence-electron chi connectivity index (χ3n) is 2.27. The van der Waals surface area contributed by atoms with Crippen LogP contribution in [0.1, 0.15) is 18.7 Å². The maximum Gasteiger partial charge on any atom is 0.313 e. The van der Waals surface area contributed by atoms with Gasteiger partial charge in [-0.3, -0.25) is 4.79 Å². The summed E-state index contributed by atoms with van der Waals surface area (Å²) in [7, 11) is 0. The molecule has 2 aromatic rings. The number of carboxylic acid groups (broad SMARTS) is 1. The van der Waals surface area contributed by atoms with Crippen molar-refractivity contribution in [3.05, 3.63) is 36.3 Å². The molecule has 0 saturated carbocycles. The fraction of sp³-hybridized carbons (Fsp3) is 0.182. The molecule has 0 spiro atoms. The van der Waals surface area contributed by atoms with Crippen molar-refractivity contribution in [2.45, 2.75) is 12.8 Å². The molecule has 1 aromatic carbocycles. The second-order valence-electron chi connectivity index (χ2n) is 3.35. The van der Waals surface area contributed by atoms with Gasteiger partial charge in [0.15, 0.2) is 0 Å². The number of aliphatic carboxylic acids is 1. The van der Waals surface area contributed by atoms with Crippen molar-refractivity contribution in [3.63, 3.8) is 0 Å². The van der Waals surface area contributed by atoms with E-state index >= 15 is 0 Å². The number of hydrogen-bond acceptors (Lipinski definition) is 3. The summed E-state index contributed by atoms with van der Waals surface area (Å²) >= 11 is 0. The number of carbonyl (C=O) groups is 1. The number of hydrogen-bond donors (Lipinski definition) is 1. The Morgan fingerprint density at radius 1 is 1.40 bits per heavy atom. The predicted octanol–water partition coefficient (Wildman–Crippen LogP) is 1.82. The van der Waals surface area contributed by atoms with E-state index in [-0.39, 0.29) is 0 Å². The molecule has 0 saturated heterocycles. The monoisotopic (exact) mass is 202 g/mol. The summed E-state index contributed by atoms with van der Waals surface area (Å²) in [6.07, 6.45) is 1.65. The van der Waals surface area contributed by atoms with E-state index in [4.69, 9.17) is 5.11 Å². The third kappa shape index (κ3) is 1.79. The zero-order valence-corrected chi connectivity index (χ0v) is 8.21. The first kappa shape index (κ1) is 9.58. The van der Waals surface area contributed by atoms with Gasteiger partial charge in [-0.2, -0.15) is 0 Å². The van der Waals surface area contributed by atoms with E-state index in [2.05, 4.69) is 9.97 Å². The molecule has 1 unspecified atom stereocenters. The zero-order valence-electron chi connectivity index (χ0n) is 8.21. The van der Waals surface area contributed by atoms with Gasteiger partial charge in [-0.05, 0) is 13.0 Å². The maximum absolute atomic E-state index is 10.8. The Kier molecular flexibility index (Phi) is 2.33. The maximum atomic E-state index is 10.8. The van der Waals surface area contributed by atoms with Crippen molar-refractivity contribution in [1.29, 1.82) is 0 Å². The quantitative estimate of drug-likeness (QED) is 0.806. The van der Waals surface area contributed by atoms with Crippen LogP contribution in [-0.2, 0) is 4.79 Å². The third-order valence-corrected chi connectivity index (χ3v) is 2.27. The minimum absolute atomic E-state index is 0.348. The summed E-state index contributed by atoms with van der Waals surface area (Å²) < 4.78 is 0. The van der Waals surface area contributed by atoms with E-state index in [1.54, 1.807) is 13.1 Å². The molecule has 4 heteroatoms. The molecule has 1 atom stereocenters. The van der Waals surface area contributed by atoms with Gasteiger partial charge in [0, 0.05) is 11.6 Å².